The van der Waals surface area contributed by atoms with Crippen LogP contribution in [0.3, 0.4) is 0 Å². The van der Waals surface area contributed by atoms with E-state index in [0.717, 1.165) is 25.7 Å². The van der Waals surface area contributed by atoms with E-state index in [-0.39, 0.29) is 0 Å². The van der Waals surface area contributed by atoms with Gasteiger partial charge in [-0.25, -0.2) is 0 Å². The van der Waals surface area contributed by atoms with Crippen LogP contribution < -0.4 is 0 Å². The van der Waals surface area contributed by atoms with Gasteiger partial charge in [0.1, 0.15) is 0 Å². The fraction of sp³-hybridized carbons (Fsp3) is 0.900. The molecule has 3 nitrogen and oxygen atoms in total. The molecule has 0 aliphatic rings. The van der Waals surface area contributed by atoms with Gasteiger partial charge < -0.3 is 14.3 Å². The Morgan fingerprint density at radius 1 is 1.14 bits per heavy atom. The summed E-state index contributed by atoms with van der Waals surface area (Å²) in [5.41, 5.74) is 0. The van der Waals surface area contributed by atoms with Crippen molar-refractivity contribution in [2.24, 2.45) is 0 Å². The summed E-state index contributed by atoms with van der Waals surface area (Å²) < 4.78 is 11.3. The number of hydrogen-bond acceptors (Lipinski definition) is 3. The molecule has 4 heteroatoms. The minimum Gasteiger partial charge on any atom is -0.395 e. The average molecular weight is 219 g/mol. The fourth-order valence-electron chi connectivity index (χ4n) is 1.25. The Hall–Kier alpha value is -0.193. The molecule has 0 aliphatic heterocycles. The van der Waals surface area contributed by atoms with Gasteiger partial charge in [-0.3, -0.25) is 0 Å². The van der Waals surface area contributed by atoms with Crippen LogP contribution in [0.5, 0.6) is 0 Å². The van der Waals surface area contributed by atoms with Crippen LogP contribution in [0.2, 0.25) is 12.6 Å². The van der Waals surface area contributed by atoms with Crippen molar-refractivity contribution >= 4 is 14.8 Å². The summed E-state index contributed by atoms with van der Waals surface area (Å²) in [5, 5.41) is 6.08. The highest BCUT2D eigenvalue weighted by molar-refractivity contribution is 6.66. The second kappa shape index (κ2) is 10.9. The van der Waals surface area contributed by atoms with E-state index in [9.17, 15) is 0 Å². The van der Waals surface area contributed by atoms with Gasteiger partial charge in [-0.1, -0.05) is 13.3 Å². The van der Waals surface area contributed by atoms with Crippen molar-refractivity contribution in [3.8, 4) is 0 Å². The maximum atomic E-state index is 6.08. The van der Waals surface area contributed by atoms with Gasteiger partial charge in [0.05, 0.1) is 0 Å². The first-order valence-electron chi connectivity index (χ1n) is 5.33. The Bertz CT molecular complexity index is 114. The summed E-state index contributed by atoms with van der Waals surface area (Å²) in [6.45, 7) is 11.6. The van der Waals surface area contributed by atoms with E-state index in [4.69, 9.17) is 14.3 Å². The molecule has 0 spiro atoms. The van der Waals surface area contributed by atoms with E-state index in [1.807, 2.05) is 13.8 Å². The fourth-order valence-corrected chi connectivity index (χ4v) is 3.75. The summed E-state index contributed by atoms with van der Waals surface area (Å²) in [7, 11) is -1.75. The molecule has 86 valence electrons. The minimum absolute atomic E-state index is 0.780. The van der Waals surface area contributed by atoms with Gasteiger partial charge in [-0.15, -0.1) is 0 Å². The summed E-state index contributed by atoms with van der Waals surface area (Å²) in [6.07, 6.45) is 2.41. The normalized spacial score (nSPS) is 10.4. The Labute approximate surface area is 89.6 Å². The second-order valence-corrected chi connectivity index (χ2v) is 6.38. The second-order valence-electron chi connectivity index (χ2n) is 3.04. The van der Waals surface area contributed by atoms with Crippen molar-refractivity contribution in [3.63, 3.8) is 0 Å². The SMILES string of the molecule is CC=N.CCC[Si](C)(OCC)OCC. The largest absolute Gasteiger partial charge is 0.395 e. The van der Waals surface area contributed by atoms with Gasteiger partial charge in [0, 0.05) is 13.2 Å². The van der Waals surface area contributed by atoms with E-state index >= 15 is 0 Å². The minimum atomic E-state index is -1.75. The van der Waals surface area contributed by atoms with Crippen molar-refractivity contribution < 1.29 is 8.85 Å². The van der Waals surface area contributed by atoms with Crippen molar-refractivity contribution in [1.82, 2.24) is 0 Å². The summed E-state index contributed by atoms with van der Waals surface area (Å²) in [6, 6.07) is 1.11. The van der Waals surface area contributed by atoms with Crippen LogP contribution in [-0.4, -0.2) is 28.0 Å². The topological polar surface area (TPSA) is 42.3 Å². The number of nitrogens with one attached hydrogen (secondary N) is 1. The van der Waals surface area contributed by atoms with E-state index in [2.05, 4.69) is 13.5 Å². The summed E-state index contributed by atoms with van der Waals surface area (Å²) in [4.78, 5) is 0. The highest BCUT2D eigenvalue weighted by Crippen LogP contribution is 2.14. The van der Waals surface area contributed by atoms with Crippen molar-refractivity contribution in [3.05, 3.63) is 0 Å². The molecular weight excluding hydrogens is 194 g/mol. The summed E-state index contributed by atoms with van der Waals surface area (Å²) >= 11 is 0. The Morgan fingerprint density at radius 3 is 1.71 bits per heavy atom. The van der Waals surface area contributed by atoms with E-state index in [0.29, 0.717) is 0 Å². The Kier molecular flexibility index (Phi) is 12.6. The zero-order chi connectivity index (χ0) is 11.4. The van der Waals surface area contributed by atoms with Gasteiger partial charge in [0.15, 0.2) is 0 Å². The molecule has 14 heavy (non-hydrogen) atoms. The van der Waals surface area contributed by atoms with Crippen LogP contribution in [-0.2, 0) is 8.85 Å². The van der Waals surface area contributed by atoms with Crippen molar-refractivity contribution in [2.45, 2.75) is 46.7 Å². The number of hydrogen-bond donors (Lipinski definition) is 1. The third kappa shape index (κ3) is 9.89. The molecule has 0 bridgehead atoms. The quantitative estimate of drug-likeness (QED) is 0.550. The molecule has 0 atom stereocenters. The van der Waals surface area contributed by atoms with E-state index < -0.39 is 8.56 Å². The molecule has 0 aliphatic carbocycles. The van der Waals surface area contributed by atoms with Crippen LogP contribution in [0.4, 0.5) is 0 Å². The first kappa shape index (κ1) is 16.2. The molecule has 0 aromatic heterocycles. The van der Waals surface area contributed by atoms with E-state index in [1.165, 1.54) is 6.21 Å². The summed E-state index contributed by atoms with van der Waals surface area (Å²) in [5.74, 6) is 0. The molecule has 0 saturated heterocycles. The Balaban J connectivity index is 0. The highest BCUT2D eigenvalue weighted by Gasteiger charge is 2.28. The molecule has 0 unspecified atom stereocenters. The van der Waals surface area contributed by atoms with Gasteiger partial charge in [0.2, 0.25) is 0 Å². The van der Waals surface area contributed by atoms with Crippen LogP contribution >= 0.6 is 0 Å². The molecule has 1 N–H and O–H groups in total. The van der Waals surface area contributed by atoms with Crippen molar-refractivity contribution in [2.75, 3.05) is 13.2 Å². The molecule has 0 aromatic rings. The van der Waals surface area contributed by atoms with Gasteiger partial charge in [0.25, 0.3) is 0 Å². The number of rotatable bonds is 6. The predicted molar refractivity (Wildman–Crippen MR) is 64.4 cm³/mol. The van der Waals surface area contributed by atoms with Gasteiger partial charge >= 0.3 is 8.56 Å². The molecule has 0 amide bonds. The lowest BCUT2D eigenvalue weighted by atomic mass is 10.6. The zero-order valence-electron chi connectivity index (χ0n) is 10.2. The zero-order valence-corrected chi connectivity index (χ0v) is 11.2. The molecule has 0 heterocycles. The molecule has 0 fully saturated rings. The third-order valence-corrected chi connectivity index (χ3v) is 4.81. The lowest BCUT2D eigenvalue weighted by molar-refractivity contribution is 0.189. The molecule has 0 saturated carbocycles. The van der Waals surface area contributed by atoms with Gasteiger partial charge in [-0.05, 0) is 39.6 Å². The first-order valence-corrected chi connectivity index (χ1v) is 7.85. The monoisotopic (exact) mass is 219 g/mol. The average Bonchev–Trinajstić information content (AvgIpc) is 2.06. The maximum Gasteiger partial charge on any atom is 0.334 e. The van der Waals surface area contributed by atoms with Gasteiger partial charge in [-0.2, -0.15) is 0 Å². The van der Waals surface area contributed by atoms with Crippen LogP contribution in [0.1, 0.15) is 34.1 Å². The molecule has 0 rings (SSSR count). The lowest BCUT2D eigenvalue weighted by Crippen LogP contribution is -2.38. The van der Waals surface area contributed by atoms with E-state index in [1.54, 1.807) is 6.92 Å². The standard InChI is InChI=1S/C8H20O2Si.C2H5N/c1-5-8-11(4,9-6-2)10-7-3;1-2-3/h5-8H2,1-4H3;2-3H,1H3. The van der Waals surface area contributed by atoms with Crippen LogP contribution in [0.15, 0.2) is 0 Å². The highest BCUT2D eigenvalue weighted by atomic mass is 28.4. The van der Waals surface area contributed by atoms with Crippen molar-refractivity contribution in [1.29, 1.82) is 5.41 Å². The maximum absolute atomic E-state index is 6.08. The lowest BCUT2D eigenvalue weighted by Gasteiger charge is -2.25. The van der Waals surface area contributed by atoms with Crippen LogP contribution in [0, 0.1) is 5.41 Å². The molecule has 0 aromatic carbocycles. The first-order chi connectivity index (χ1) is 6.60. The Morgan fingerprint density at radius 2 is 1.50 bits per heavy atom. The predicted octanol–water partition coefficient (Wildman–Crippen LogP) is 3.20. The van der Waals surface area contributed by atoms with Crippen LogP contribution in [0.25, 0.3) is 0 Å². The smallest absolute Gasteiger partial charge is 0.334 e. The molecular formula is C10H25NO2Si. The third-order valence-electron chi connectivity index (χ3n) is 1.60. The molecule has 0 radical (unpaired) electrons.